The smallest absolute Gasteiger partial charge is 0.221 e. The van der Waals surface area contributed by atoms with Crippen LogP contribution >= 0.6 is 0 Å². The lowest BCUT2D eigenvalue weighted by Crippen LogP contribution is -2.16. The number of hydrogen-bond acceptors (Lipinski definition) is 5. The number of allylic oxidation sites excluding steroid dienone is 3. The van der Waals surface area contributed by atoms with Gasteiger partial charge in [0, 0.05) is 46.2 Å². The van der Waals surface area contributed by atoms with Crippen molar-refractivity contribution in [1.29, 1.82) is 0 Å². The standard InChI is InChI=1S/C21H18N4O/c1-26-21-15(9-4-10-23-21)14-7-3-8-16-19(22)17-11-25(13-5-2-6-13)12-18(17)24-20(14)16/h2-10H,11-12H2,1H3,(H2,22,24). The highest BCUT2D eigenvalue weighted by atomic mass is 16.5. The lowest BCUT2D eigenvalue weighted by Gasteiger charge is -2.21. The highest BCUT2D eigenvalue weighted by Gasteiger charge is 2.26. The van der Waals surface area contributed by atoms with E-state index < -0.39 is 0 Å². The maximum Gasteiger partial charge on any atom is 0.221 e. The summed E-state index contributed by atoms with van der Waals surface area (Å²) in [7, 11) is 1.63. The molecule has 0 unspecified atom stereocenters. The second kappa shape index (κ2) is 5.59. The minimum atomic E-state index is 0.590. The molecule has 0 saturated heterocycles. The monoisotopic (exact) mass is 342 g/mol. The highest BCUT2D eigenvalue weighted by molar-refractivity contribution is 6.01. The molecule has 5 nitrogen and oxygen atoms in total. The minimum Gasteiger partial charge on any atom is -0.481 e. The molecule has 3 heterocycles. The fourth-order valence-corrected chi connectivity index (χ4v) is 3.69. The second-order valence-electron chi connectivity index (χ2n) is 6.52. The predicted octanol–water partition coefficient (Wildman–Crippen LogP) is 3.66. The maximum absolute atomic E-state index is 6.56. The van der Waals surface area contributed by atoms with E-state index in [9.17, 15) is 0 Å². The molecule has 0 atom stereocenters. The van der Waals surface area contributed by atoms with E-state index in [1.165, 1.54) is 5.70 Å². The van der Waals surface area contributed by atoms with E-state index in [0.29, 0.717) is 5.88 Å². The number of nitrogens with two attached hydrogens (primary N) is 1. The first-order chi connectivity index (χ1) is 12.8. The van der Waals surface area contributed by atoms with E-state index in [1.807, 2.05) is 30.3 Å². The molecule has 5 rings (SSSR count). The number of fused-ring (bicyclic) bond motifs is 2. The van der Waals surface area contributed by atoms with Crippen molar-refractivity contribution in [3.63, 3.8) is 0 Å². The van der Waals surface area contributed by atoms with E-state index in [-0.39, 0.29) is 0 Å². The maximum atomic E-state index is 6.56. The summed E-state index contributed by atoms with van der Waals surface area (Å²) in [4.78, 5) is 11.6. The normalized spacial score (nSPS) is 15.0. The molecule has 1 aliphatic heterocycles. The fraction of sp³-hybridized carbons (Fsp3) is 0.143. The number of anilines is 1. The van der Waals surface area contributed by atoms with Crippen molar-refractivity contribution < 1.29 is 4.74 Å². The van der Waals surface area contributed by atoms with E-state index in [1.54, 1.807) is 13.3 Å². The summed E-state index contributed by atoms with van der Waals surface area (Å²) >= 11 is 0. The number of hydrogen-bond donors (Lipinski definition) is 1. The molecule has 26 heavy (non-hydrogen) atoms. The summed E-state index contributed by atoms with van der Waals surface area (Å²) in [5.41, 5.74) is 13.6. The molecule has 128 valence electrons. The van der Waals surface area contributed by atoms with Crippen molar-refractivity contribution in [3.8, 4) is 17.0 Å². The van der Waals surface area contributed by atoms with Crippen molar-refractivity contribution in [3.05, 3.63) is 71.7 Å². The van der Waals surface area contributed by atoms with Crippen LogP contribution in [0.4, 0.5) is 5.69 Å². The lowest BCUT2D eigenvalue weighted by atomic mass is 10.00. The zero-order valence-corrected chi connectivity index (χ0v) is 14.4. The Labute approximate surface area is 151 Å². The number of nitrogens with zero attached hydrogens (tertiary/aromatic N) is 3. The predicted molar refractivity (Wildman–Crippen MR) is 102 cm³/mol. The summed E-state index contributed by atoms with van der Waals surface area (Å²) in [6.07, 6.45) is 8.02. The van der Waals surface area contributed by atoms with Crippen molar-refractivity contribution in [2.24, 2.45) is 0 Å². The molecule has 2 N–H and O–H groups in total. The van der Waals surface area contributed by atoms with E-state index in [4.69, 9.17) is 15.5 Å². The molecule has 0 fully saturated rings. The number of methoxy groups -OCH3 is 1. The topological polar surface area (TPSA) is 64.3 Å². The van der Waals surface area contributed by atoms with Gasteiger partial charge in [-0.1, -0.05) is 24.3 Å². The second-order valence-corrected chi connectivity index (χ2v) is 6.52. The SMILES string of the molecule is COc1ncccc1-c1cccc2c(N)c3c(nc12)CN(C1=CC=C1)C3. The first-order valence-corrected chi connectivity index (χ1v) is 8.59. The molecule has 0 amide bonds. The van der Waals surface area contributed by atoms with Crippen molar-refractivity contribution >= 4 is 16.6 Å². The average molecular weight is 342 g/mol. The molecular weight excluding hydrogens is 324 g/mol. The van der Waals surface area contributed by atoms with Crippen LogP contribution in [0, 0.1) is 0 Å². The van der Waals surface area contributed by atoms with E-state index in [2.05, 4.69) is 28.1 Å². The number of aromatic nitrogens is 2. The molecule has 0 spiro atoms. The van der Waals surface area contributed by atoms with Crippen LogP contribution in [0.25, 0.3) is 22.0 Å². The molecule has 1 aromatic carbocycles. The van der Waals surface area contributed by atoms with Crippen LogP contribution < -0.4 is 10.5 Å². The van der Waals surface area contributed by atoms with Crippen LogP contribution in [0.15, 0.2) is 60.5 Å². The summed E-state index contributed by atoms with van der Waals surface area (Å²) in [6.45, 7) is 1.59. The lowest BCUT2D eigenvalue weighted by molar-refractivity contribution is 0.370. The molecule has 1 aliphatic carbocycles. The molecule has 2 aromatic heterocycles. The van der Waals surface area contributed by atoms with Crippen LogP contribution in [0.3, 0.4) is 0 Å². The molecule has 0 saturated carbocycles. The highest BCUT2D eigenvalue weighted by Crippen LogP contribution is 2.39. The first-order valence-electron chi connectivity index (χ1n) is 8.59. The van der Waals surface area contributed by atoms with E-state index in [0.717, 1.165) is 52.1 Å². The van der Waals surface area contributed by atoms with Crippen LogP contribution in [0.1, 0.15) is 11.3 Å². The minimum absolute atomic E-state index is 0.590. The first kappa shape index (κ1) is 15.0. The van der Waals surface area contributed by atoms with Gasteiger partial charge >= 0.3 is 0 Å². The molecule has 0 radical (unpaired) electrons. The van der Waals surface area contributed by atoms with Gasteiger partial charge in [0.2, 0.25) is 5.88 Å². The van der Waals surface area contributed by atoms with E-state index >= 15 is 0 Å². The van der Waals surface area contributed by atoms with Gasteiger partial charge < -0.3 is 15.4 Å². The molecule has 3 aromatic rings. The number of pyridine rings is 2. The zero-order valence-electron chi connectivity index (χ0n) is 14.4. The molecule has 5 heteroatoms. The molecule has 0 bridgehead atoms. The number of nitrogen functional groups attached to an aromatic ring is 1. The van der Waals surface area contributed by atoms with Gasteiger partial charge in [0.05, 0.1) is 24.9 Å². The Balaban J connectivity index is 1.70. The third-order valence-corrected chi connectivity index (χ3v) is 5.09. The third kappa shape index (κ3) is 2.10. The van der Waals surface area contributed by atoms with Crippen LogP contribution in [-0.4, -0.2) is 22.0 Å². The largest absolute Gasteiger partial charge is 0.481 e. The number of rotatable bonds is 3. The van der Waals surface area contributed by atoms with Crippen molar-refractivity contribution in [2.45, 2.75) is 13.1 Å². The summed E-state index contributed by atoms with van der Waals surface area (Å²) in [5, 5.41) is 0.979. The Kier molecular flexibility index (Phi) is 3.22. The summed E-state index contributed by atoms with van der Waals surface area (Å²) in [5.74, 6) is 0.590. The van der Waals surface area contributed by atoms with Gasteiger partial charge in [-0.15, -0.1) is 0 Å². The van der Waals surface area contributed by atoms with Gasteiger partial charge in [-0.05, 0) is 24.3 Å². The van der Waals surface area contributed by atoms with Crippen LogP contribution in [-0.2, 0) is 13.1 Å². The zero-order chi connectivity index (χ0) is 17.7. The number of para-hydroxylation sites is 1. The quantitative estimate of drug-likeness (QED) is 0.787. The third-order valence-electron chi connectivity index (χ3n) is 5.09. The molecular formula is C21H18N4O. The van der Waals surface area contributed by atoms with Gasteiger partial charge in [0.15, 0.2) is 0 Å². The van der Waals surface area contributed by atoms with Gasteiger partial charge in [0.1, 0.15) is 0 Å². The Morgan fingerprint density at radius 3 is 2.73 bits per heavy atom. The van der Waals surface area contributed by atoms with Gasteiger partial charge in [-0.25, -0.2) is 9.97 Å². The number of benzene rings is 1. The Bertz CT molecular complexity index is 1100. The molecule has 2 aliphatic rings. The summed E-state index contributed by atoms with van der Waals surface area (Å²) in [6, 6.07) is 10.0. The Morgan fingerprint density at radius 1 is 1.12 bits per heavy atom. The van der Waals surface area contributed by atoms with Crippen LogP contribution in [0.5, 0.6) is 5.88 Å². The summed E-state index contributed by atoms with van der Waals surface area (Å²) < 4.78 is 5.45. The number of ether oxygens (including phenoxy) is 1. The fourth-order valence-electron chi connectivity index (χ4n) is 3.69. The van der Waals surface area contributed by atoms with Gasteiger partial charge in [-0.2, -0.15) is 0 Å². The average Bonchev–Trinajstić information content (AvgIpc) is 3.03. The van der Waals surface area contributed by atoms with Crippen molar-refractivity contribution in [1.82, 2.24) is 14.9 Å². The Hall–Kier alpha value is -3.34. The Morgan fingerprint density at radius 2 is 1.96 bits per heavy atom. The van der Waals surface area contributed by atoms with Crippen LogP contribution in [0.2, 0.25) is 0 Å². The van der Waals surface area contributed by atoms with Gasteiger partial charge in [0.25, 0.3) is 0 Å². The van der Waals surface area contributed by atoms with Crippen molar-refractivity contribution in [2.75, 3.05) is 12.8 Å². The van der Waals surface area contributed by atoms with Gasteiger partial charge in [-0.3, -0.25) is 0 Å².